The minimum absolute atomic E-state index is 0.0944. The van der Waals surface area contributed by atoms with Gasteiger partial charge in [0.15, 0.2) is 0 Å². The van der Waals surface area contributed by atoms with Gasteiger partial charge in [0.1, 0.15) is 11.6 Å². The lowest BCUT2D eigenvalue weighted by molar-refractivity contribution is -0.130. The number of aryl methyl sites for hydroxylation is 1. The number of carbonyl (C=O) groups excluding carboxylic acids is 2. The van der Waals surface area contributed by atoms with Crippen LogP contribution in [0.15, 0.2) is 60.7 Å². The highest BCUT2D eigenvalue weighted by Gasteiger charge is 2.19. The number of ketones is 2. The molecule has 2 heteroatoms. The molecule has 0 fully saturated rings. The summed E-state index contributed by atoms with van der Waals surface area (Å²) in [6.07, 6.45) is 17.2. The van der Waals surface area contributed by atoms with E-state index < -0.39 is 5.92 Å². The Morgan fingerprint density at radius 1 is 0.944 bits per heavy atom. The van der Waals surface area contributed by atoms with Gasteiger partial charge in [-0.2, -0.15) is 0 Å². The van der Waals surface area contributed by atoms with Crippen molar-refractivity contribution in [1.29, 1.82) is 0 Å². The first-order valence-corrected chi connectivity index (χ1v) is 13.7. The highest BCUT2D eigenvalue weighted by atomic mass is 16.1. The highest BCUT2D eigenvalue weighted by molar-refractivity contribution is 6.00. The number of hydrogen-bond acceptors (Lipinski definition) is 2. The van der Waals surface area contributed by atoms with E-state index in [2.05, 4.69) is 85.4 Å². The monoisotopic (exact) mass is 494 g/mol. The molecule has 0 heterocycles. The molecule has 2 rings (SSSR count). The average molecular weight is 495 g/mol. The lowest BCUT2D eigenvalue weighted by atomic mass is 9.93. The fourth-order valence-corrected chi connectivity index (χ4v) is 2.72. The molecular weight excluding hydrogens is 440 g/mol. The molecule has 0 saturated heterocycles. The summed E-state index contributed by atoms with van der Waals surface area (Å²) in [6, 6.07) is 6.76. The maximum absolute atomic E-state index is 11.2. The Labute approximate surface area is 223 Å². The van der Waals surface area contributed by atoms with Gasteiger partial charge in [-0.15, -0.1) is 0 Å². The number of benzene rings is 1. The van der Waals surface area contributed by atoms with Crippen molar-refractivity contribution in [3.05, 3.63) is 77.4 Å². The molecule has 0 aromatic heterocycles. The van der Waals surface area contributed by atoms with Gasteiger partial charge in [0, 0.05) is 0 Å². The fraction of sp³-hybridized carbons (Fsp3) is 0.529. The summed E-state index contributed by atoms with van der Waals surface area (Å²) in [5, 5.41) is 0. The Bertz CT molecular complexity index is 828. The molecule has 1 aliphatic rings. The summed E-state index contributed by atoms with van der Waals surface area (Å²) in [5.74, 6) is 1.05. The largest absolute Gasteiger partial charge is 0.299 e. The van der Waals surface area contributed by atoms with Crippen LogP contribution in [0, 0.1) is 17.8 Å². The van der Waals surface area contributed by atoms with Crippen molar-refractivity contribution in [3.8, 4) is 0 Å². The number of allylic oxidation sites excluding steroid dienone is 6. The standard InChI is InChI=1S/C13H18O2.C11H12.2C5H12/c1-5-6-7-8-10(2)9-13(11(3)14)12(4)15;1-2-9-6-7-10-4-3-5-11(10)8-9;2*1-4-5(2)3/h5-8,13H,2,9H2,1,3-4H3;3,5-8H,2,4H2,1H3;2*5H,4H2,1-3H3/b6-5-,8-7-;;;. The minimum atomic E-state index is -0.534. The molecule has 1 aliphatic carbocycles. The smallest absolute Gasteiger partial charge is 0.140 e. The van der Waals surface area contributed by atoms with Crippen LogP contribution in [0.5, 0.6) is 0 Å². The first kappa shape index (κ1) is 35.7. The molecule has 2 nitrogen and oxygen atoms in total. The molecule has 0 radical (unpaired) electrons. The van der Waals surface area contributed by atoms with E-state index in [-0.39, 0.29) is 11.6 Å². The molecule has 0 atom stereocenters. The zero-order chi connectivity index (χ0) is 28.1. The van der Waals surface area contributed by atoms with Gasteiger partial charge in [-0.25, -0.2) is 0 Å². The minimum Gasteiger partial charge on any atom is -0.299 e. The predicted molar refractivity (Wildman–Crippen MR) is 161 cm³/mol. The molecule has 1 aromatic carbocycles. The van der Waals surface area contributed by atoms with Crippen molar-refractivity contribution in [2.75, 3.05) is 0 Å². The van der Waals surface area contributed by atoms with Gasteiger partial charge >= 0.3 is 0 Å². The van der Waals surface area contributed by atoms with E-state index in [4.69, 9.17) is 0 Å². The SMILES string of the molecule is C=C(/C=C\C=C/C)CC(C(C)=O)C(C)=O.CCC(C)C.CCC(C)C.CCc1ccc2c(c1)C=CC2. The Kier molecular flexibility index (Phi) is 21.6. The average Bonchev–Trinajstić information content (AvgIpc) is 3.31. The highest BCUT2D eigenvalue weighted by Crippen LogP contribution is 2.20. The first-order chi connectivity index (χ1) is 16.9. The zero-order valence-electron chi connectivity index (χ0n) is 25.0. The number of hydrogen-bond donors (Lipinski definition) is 0. The van der Waals surface area contributed by atoms with Gasteiger partial charge in [-0.3, -0.25) is 9.59 Å². The molecular formula is C34H54O2. The second-order valence-corrected chi connectivity index (χ2v) is 10.1. The normalized spacial score (nSPS) is 11.6. The summed E-state index contributed by atoms with van der Waals surface area (Å²) >= 11 is 0. The van der Waals surface area contributed by atoms with Gasteiger partial charge in [-0.1, -0.05) is 128 Å². The van der Waals surface area contributed by atoms with Crippen LogP contribution in [0.3, 0.4) is 0 Å². The van der Waals surface area contributed by atoms with Gasteiger partial charge in [0.2, 0.25) is 0 Å². The number of carbonyl (C=O) groups is 2. The summed E-state index contributed by atoms with van der Waals surface area (Å²) in [5.41, 5.74) is 5.13. The van der Waals surface area contributed by atoms with E-state index in [9.17, 15) is 9.59 Å². The fourth-order valence-electron chi connectivity index (χ4n) is 2.72. The van der Waals surface area contributed by atoms with E-state index >= 15 is 0 Å². The van der Waals surface area contributed by atoms with Gasteiger partial charge in [0.05, 0.1) is 5.92 Å². The van der Waals surface area contributed by atoms with Crippen molar-refractivity contribution < 1.29 is 9.59 Å². The third kappa shape index (κ3) is 18.8. The predicted octanol–water partition coefficient (Wildman–Crippen LogP) is 9.78. The number of rotatable bonds is 9. The zero-order valence-corrected chi connectivity index (χ0v) is 25.0. The topological polar surface area (TPSA) is 34.1 Å². The third-order valence-electron chi connectivity index (χ3n) is 5.97. The summed E-state index contributed by atoms with van der Waals surface area (Å²) < 4.78 is 0. The summed E-state index contributed by atoms with van der Waals surface area (Å²) in [7, 11) is 0. The summed E-state index contributed by atoms with van der Waals surface area (Å²) in [4.78, 5) is 22.3. The summed E-state index contributed by atoms with van der Waals surface area (Å²) in [6.45, 7) is 24.1. The maximum atomic E-state index is 11.2. The Hall–Kier alpha value is -2.48. The molecule has 202 valence electrons. The van der Waals surface area contributed by atoms with Crippen molar-refractivity contribution in [2.45, 2.75) is 101 Å². The van der Waals surface area contributed by atoms with E-state index in [0.717, 1.165) is 30.3 Å². The van der Waals surface area contributed by atoms with Crippen LogP contribution >= 0.6 is 0 Å². The number of fused-ring (bicyclic) bond motifs is 1. The van der Waals surface area contributed by atoms with E-state index in [1.165, 1.54) is 43.4 Å². The molecule has 0 amide bonds. The molecule has 1 aromatic rings. The van der Waals surface area contributed by atoms with Crippen LogP contribution in [-0.4, -0.2) is 11.6 Å². The molecule has 0 bridgehead atoms. The molecule has 0 aliphatic heterocycles. The van der Waals surface area contributed by atoms with Crippen LogP contribution < -0.4 is 0 Å². The second kappa shape index (κ2) is 21.8. The molecule has 0 saturated carbocycles. The Morgan fingerprint density at radius 2 is 1.47 bits per heavy atom. The van der Waals surface area contributed by atoms with Gasteiger partial charge in [-0.05, 0) is 68.6 Å². The molecule has 0 unspecified atom stereocenters. The van der Waals surface area contributed by atoms with Crippen LogP contribution in [0.4, 0.5) is 0 Å². The van der Waals surface area contributed by atoms with Crippen LogP contribution in [-0.2, 0) is 22.4 Å². The van der Waals surface area contributed by atoms with Crippen molar-refractivity contribution in [3.63, 3.8) is 0 Å². The van der Waals surface area contributed by atoms with E-state index in [1.807, 2.05) is 31.2 Å². The van der Waals surface area contributed by atoms with E-state index in [0.29, 0.717) is 6.42 Å². The lowest BCUT2D eigenvalue weighted by Gasteiger charge is -2.09. The van der Waals surface area contributed by atoms with Crippen LogP contribution in [0.2, 0.25) is 0 Å². The van der Waals surface area contributed by atoms with Crippen LogP contribution in [0.1, 0.15) is 105 Å². The molecule has 0 spiro atoms. The van der Waals surface area contributed by atoms with Crippen molar-refractivity contribution >= 4 is 17.6 Å². The number of Topliss-reactive ketones (excluding diaryl/α,β-unsaturated/α-hetero) is 2. The maximum Gasteiger partial charge on any atom is 0.140 e. The Balaban J connectivity index is 0. The van der Waals surface area contributed by atoms with Crippen molar-refractivity contribution in [1.82, 2.24) is 0 Å². The van der Waals surface area contributed by atoms with Crippen LogP contribution in [0.25, 0.3) is 6.08 Å². The molecule has 0 N–H and O–H groups in total. The molecule has 36 heavy (non-hydrogen) atoms. The van der Waals surface area contributed by atoms with Gasteiger partial charge < -0.3 is 0 Å². The quantitative estimate of drug-likeness (QED) is 0.253. The lowest BCUT2D eigenvalue weighted by Crippen LogP contribution is -2.19. The van der Waals surface area contributed by atoms with Gasteiger partial charge in [0.25, 0.3) is 0 Å². The van der Waals surface area contributed by atoms with Crippen molar-refractivity contribution in [2.24, 2.45) is 17.8 Å². The first-order valence-electron chi connectivity index (χ1n) is 13.7. The third-order valence-corrected chi connectivity index (χ3v) is 5.97. The second-order valence-electron chi connectivity index (χ2n) is 10.1. The van der Waals surface area contributed by atoms with E-state index in [1.54, 1.807) is 0 Å². The Morgan fingerprint density at radius 3 is 1.89 bits per heavy atom.